The van der Waals surface area contributed by atoms with E-state index < -0.39 is 0 Å². The fourth-order valence-corrected chi connectivity index (χ4v) is 2.67. The van der Waals surface area contributed by atoms with Crippen LogP contribution in [0.2, 0.25) is 5.15 Å². The van der Waals surface area contributed by atoms with Crippen LogP contribution in [0.1, 0.15) is 17.5 Å². The van der Waals surface area contributed by atoms with E-state index in [1.165, 1.54) is 5.56 Å². The van der Waals surface area contributed by atoms with Crippen molar-refractivity contribution in [3.05, 3.63) is 58.9 Å². The van der Waals surface area contributed by atoms with Gasteiger partial charge < -0.3 is 20.3 Å². The number of guanidine groups is 1. The van der Waals surface area contributed by atoms with Crippen LogP contribution in [0.5, 0.6) is 5.75 Å². The van der Waals surface area contributed by atoms with Gasteiger partial charge >= 0.3 is 0 Å². The fraction of sp³-hybridized carbons (Fsp3) is 0.429. The molecule has 0 unspecified atom stereocenters. The number of hydrogen-bond acceptors (Lipinski definition) is 4. The lowest BCUT2D eigenvalue weighted by Crippen LogP contribution is -2.37. The SMILES string of the molecule is CN=C(NCCc1ccc(Cl)nc1)NCc1ccc(OCCCN(C)C)cc1. The second-order valence-corrected chi connectivity index (χ2v) is 7.13. The minimum atomic E-state index is 0.513. The second kappa shape index (κ2) is 12.2. The summed E-state index contributed by atoms with van der Waals surface area (Å²) in [5.74, 6) is 1.67. The first-order valence-electron chi connectivity index (χ1n) is 9.48. The highest BCUT2D eigenvalue weighted by atomic mass is 35.5. The number of nitrogens with one attached hydrogen (secondary N) is 2. The van der Waals surface area contributed by atoms with E-state index in [2.05, 4.69) is 51.7 Å². The number of pyridine rings is 1. The van der Waals surface area contributed by atoms with Crippen LogP contribution in [-0.2, 0) is 13.0 Å². The van der Waals surface area contributed by atoms with Crippen LogP contribution in [0, 0.1) is 0 Å². The number of benzene rings is 1. The molecule has 0 radical (unpaired) electrons. The van der Waals surface area contributed by atoms with E-state index in [1.54, 1.807) is 19.3 Å². The number of rotatable bonds is 10. The summed E-state index contributed by atoms with van der Waals surface area (Å²) < 4.78 is 5.76. The van der Waals surface area contributed by atoms with Gasteiger partial charge in [-0.2, -0.15) is 0 Å². The molecule has 1 aromatic heterocycles. The zero-order valence-electron chi connectivity index (χ0n) is 16.9. The molecular formula is C21H30ClN5O. The van der Waals surface area contributed by atoms with E-state index in [-0.39, 0.29) is 0 Å². The molecule has 0 fully saturated rings. The molecule has 0 aliphatic heterocycles. The lowest BCUT2D eigenvalue weighted by Gasteiger charge is -2.13. The Morgan fingerprint density at radius 2 is 1.86 bits per heavy atom. The van der Waals surface area contributed by atoms with Crippen LogP contribution in [-0.4, -0.2) is 56.7 Å². The molecule has 2 rings (SSSR count). The van der Waals surface area contributed by atoms with Crippen molar-refractivity contribution in [1.82, 2.24) is 20.5 Å². The molecule has 0 saturated heterocycles. The smallest absolute Gasteiger partial charge is 0.191 e. The van der Waals surface area contributed by atoms with Crippen LogP contribution in [0.3, 0.4) is 0 Å². The highest BCUT2D eigenvalue weighted by molar-refractivity contribution is 6.29. The Labute approximate surface area is 173 Å². The van der Waals surface area contributed by atoms with Gasteiger partial charge in [0.1, 0.15) is 10.9 Å². The van der Waals surface area contributed by atoms with Crippen molar-refractivity contribution in [1.29, 1.82) is 0 Å². The average Bonchev–Trinajstić information content (AvgIpc) is 2.70. The number of nitrogens with zero attached hydrogens (tertiary/aromatic N) is 3. The predicted molar refractivity (Wildman–Crippen MR) is 116 cm³/mol. The van der Waals surface area contributed by atoms with Gasteiger partial charge in [-0.1, -0.05) is 29.8 Å². The van der Waals surface area contributed by atoms with Crippen LogP contribution in [0.15, 0.2) is 47.6 Å². The van der Waals surface area contributed by atoms with Crippen LogP contribution >= 0.6 is 11.6 Å². The van der Waals surface area contributed by atoms with Gasteiger partial charge in [0, 0.05) is 32.9 Å². The van der Waals surface area contributed by atoms with E-state index in [0.717, 1.165) is 49.8 Å². The Morgan fingerprint density at radius 3 is 2.50 bits per heavy atom. The molecule has 2 N–H and O–H groups in total. The average molecular weight is 404 g/mol. The third kappa shape index (κ3) is 8.59. The Hall–Kier alpha value is -2.31. The van der Waals surface area contributed by atoms with Crippen molar-refractivity contribution in [2.75, 3.05) is 40.8 Å². The largest absolute Gasteiger partial charge is 0.494 e. The summed E-state index contributed by atoms with van der Waals surface area (Å²) >= 11 is 5.81. The minimum Gasteiger partial charge on any atom is -0.494 e. The lowest BCUT2D eigenvalue weighted by atomic mass is 10.2. The van der Waals surface area contributed by atoms with Gasteiger partial charge in [0.05, 0.1) is 6.61 Å². The molecule has 0 saturated carbocycles. The first kappa shape index (κ1) is 22.0. The summed E-state index contributed by atoms with van der Waals surface area (Å²) in [6.07, 6.45) is 3.67. The molecule has 0 atom stereocenters. The van der Waals surface area contributed by atoms with Gasteiger partial charge in [-0.3, -0.25) is 4.99 Å². The van der Waals surface area contributed by atoms with Gasteiger partial charge in [0.25, 0.3) is 0 Å². The molecule has 2 aromatic rings. The molecule has 0 bridgehead atoms. The van der Waals surface area contributed by atoms with Gasteiger partial charge in [-0.15, -0.1) is 0 Å². The van der Waals surface area contributed by atoms with Gasteiger partial charge in [-0.05, 0) is 56.3 Å². The molecule has 1 aromatic carbocycles. The van der Waals surface area contributed by atoms with Crippen molar-refractivity contribution < 1.29 is 4.74 Å². The summed E-state index contributed by atoms with van der Waals surface area (Å²) in [5, 5.41) is 7.14. The summed E-state index contributed by atoms with van der Waals surface area (Å²) in [6.45, 7) is 3.23. The molecule has 152 valence electrons. The van der Waals surface area contributed by atoms with Gasteiger partial charge in [0.15, 0.2) is 5.96 Å². The van der Waals surface area contributed by atoms with E-state index in [4.69, 9.17) is 16.3 Å². The Kier molecular flexibility index (Phi) is 9.59. The van der Waals surface area contributed by atoms with Crippen LogP contribution in [0.25, 0.3) is 0 Å². The summed E-state index contributed by atoms with van der Waals surface area (Å²) in [6, 6.07) is 12.0. The van der Waals surface area contributed by atoms with Crippen molar-refractivity contribution >= 4 is 17.6 Å². The number of hydrogen-bond donors (Lipinski definition) is 2. The van der Waals surface area contributed by atoms with E-state index in [1.807, 2.05) is 18.2 Å². The summed E-state index contributed by atoms with van der Waals surface area (Å²) in [4.78, 5) is 10.5. The fourth-order valence-electron chi connectivity index (χ4n) is 2.56. The minimum absolute atomic E-state index is 0.513. The molecule has 0 aliphatic carbocycles. The predicted octanol–water partition coefficient (Wildman–Crippen LogP) is 2.97. The maximum Gasteiger partial charge on any atom is 0.191 e. The first-order valence-corrected chi connectivity index (χ1v) is 9.86. The topological polar surface area (TPSA) is 61.8 Å². The van der Waals surface area contributed by atoms with E-state index >= 15 is 0 Å². The monoisotopic (exact) mass is 403 g/mol. The molecule has 28 heavy (non-hydrogen) atoms. The number of ether oxygens (including phenoxy) is 1. The van der Waals surface area contributed by atoms with Crippen LogP contribution < -0.4 is 15.4 Å². The maximum atomic E-state index is 5.81. The Bertz CT molecular complexity index is 717. The zero-order chi connectivity index (χ0) is 20.2. The summed E-state index contributed by atoms with van der Waals surface area (Å²) in [5.41, 5.74) is 2.30. The quantitative estimate of drug-likeness (QED) is 0.276. The molecule has 0 spiro atoms. The Morgan fingerprint density at radius 1 is 1.11 bits per heavy atom. The Balaban J connectivity index is 1.68. The second-order valence-electron chi connectivity index (χ2n) is 6.74. The highest BCUT2D eigenvalue weighted by Gasteiger charge is 2.01. The number of aromatic nitrogens is 1. The standard InChI is InChI=1S/C21H30ClN5O/c1-23-21(24-12-11-18-7-10-20(22)25-15-18)26-16-17-5-8-19(9-6-17)28-14-4-13-27(2)3/h5-10,15H,4,11-14,16H2,1-3H3,(H2,23,24,26). The zero-order valence-corrected chi connectivity index (χ0v) is 17.7. The van der Waals surface area contributed by atoms with Crippen molar-refractivity contribution in [3.8, 4) is 5.75 Å². The number of halogens is 1. The highest BCUT2D eigenvalue weighted by Crippen LogP contribution is 2.12. The third-order valence-corrected chi connectivity index (χ3v) is 4.34. The maximum absolute atomic E-state index is 5.81. The molecule has 1 heterocycles. The lowest BCUT2D eigenvalue weighted by molar-refractivity contribution is 0.281. The summed E-state index contributed by atoms with van der Waals surface area (Å²) in [7, 11) is 5.91. The normalized spacial score (nSPS) is 11.5. The van der Waals surface area contributed by atoms with E-state index in [9.17, 15) is 0 Å². The molecular weight excluding hydrogens is 374 g/mol. The molecule has 6 nitrogen and oxygen atoms in total. The van der Waals surface area contributed by atoms with E-state index in [0.29, 0.717) is 11.7 Å². The van der Waals surface area contributed by atoms with Crippen molar-refractivity contribution in [3.63, 3.8) is 0 Å². The van der Waals surface area contributed by atoms with Crippen molar-refractivity contribution in [2.45, 2.75) is 19.4 Å². The molecule has 0 amide bonds. The molecule has 0 aliphatic rings. The van der Waals surface area contributed by atoms with Gasteiger partial charge in [0.2, 0.25) is 0 Å². The molecule has 7 heteroatoms. The first-order chi connectivity index (χ1) is 13.6. The van der Waals surface area contributed by atoms with Crippen LogP contribution in [0.4, 0.5) is 0 Å². The van der Waals surface area contributed by atoms with Gasteiger partial charge in [-0.25, -0.2) is 4.98 Å². The van der Waals surface area contributed by atoms with Crippen molar-refractivity contribution in [2.24, 2.45) is 4.99 Å². The third-order valence-electron chi connectivity index (χ3n) is 4.12. The number of aliphatic imine (C=N–C) groups is 1.